The van der Waals surface area contributed by atoms with Gasteiger partial charge in [-0.05, 0) is 12.8 Å². The van der Waals surface area contributed by atoms with Crippen molar-refractivity contribution in [3.05, 3.63) is 0 Å². The van der Waals surface area contributed by atoms with E-state index in [9.17, 15) is 5.11 Å². The molecule has 1 N–H and O–H groups in total. The molecule has 1 rings (SSSR count). The Morgan fingerprint density at radius 2 is 1.92 bits per heavy atom. The lowest BCUT2D eigenvalue weighted by Crippen LogP contribution is -2.32. The third-order valence-electron chi connectivity index (χ3n) is 2.40. The molecule has 0 spiro atoms. The maximum absolute atomic E-state index is 9.79. The number of terminal acetylenes is 3. The highest BCUT2D eigenvalue weighted by Crippen LogP contribution is 2.39. The highest BCUT2D eigenvalue weighted by molar-refractivity contribution is 5.26. The summed E-state index contributed by atoms with van der Waals surface area (Å²) in [5, 5.41) is 9.79. The van der Waals surface area contributed by atoms with Crippen LogP contribution in [0.5, 0.6) is 0 Å². The molecule has 1 aliphatic carbocycles. The molecular formula is C11H10O. The highest BCUT2D eigenvalue weighted by atomic mass is 16.3. The van der Waals surface area contributed by atoms with Gasteiger partial charge in [-0.1, -0.05) is 11.8 Å². The lowest BCUT2D eigenvalue weighted by atomic mass is 9.87. The van der Waals surface area contributed by atoms with Crippen LogP contribution in [0.25, 0.3) is 0 Å². The molecule has 0 aromatic heterocycles. The summed E-state index contributed by atoms with van der Waals surface area (Å²) >= 11 is 0. The quantitative estimate of drug-likeness (QED) is 0.513. The maximum Gasteiger partial charge on any atom is 0.140 e. The fraction of sp³-hybridized carbons (Fsp3) is 0.455. The normalized spacial score (nSPS) is 39.5. The van der Waals surface area contributed by atoms with Crippen LogP contribution in [0.3, 0.4) is 0 Å². The van der Waals surface area contributed by atoms with Crippen molar-refractivity contribution in [2.75, 3.05) is 0 Å². The largest absolute Gasteiger partial charge is 0.376 e. The van der Waals surface area contributed by atoms with Crippen molar-refractivity contribution < 1.29 is 5.11 Å². The summed E-state index contributed by atoms with van der Waals surface area (Å²) in [6, 6.07) is 0. The average molecular weight is 158 g/mol. The molecule has 0 aliphatic heterocycles. The van der Waals surface area contributed by atoms with Crippen molar-refractivity contribution in [2.45, 2.75) is 18.4 Å². The van der Waals surface area contributed by atoms with Gasteiger partial charge in [0.2, 0.25) is 0 Å². The van der Waals surface area contributed by atoms with E-state index in [0.717, 1.165) is 0 Å². The predicted molar refractivity (Wildman–Crippen MR) is 47.7 cm³/mol. The second-order valence-electron chi connectivity index (χ2n) is 3.02. The van der Waals surface area contributed by atoms with Crippen molar-refractivity contribution in [1.82, 2.24) is 0 Å². The standard InChI is InChI=1S/C11H10O/c1-4-9-7-8-11(12,6-3)10(9)5-2/h1-3,9-10,12H,7-8H2/t9?,10?,11-/m0/s1. The van der Waals surface area contributed by atoms with Gasteiger partial charge < -0.3 is 5.11 Å². The van der Waals surface area contributed by atoms with Crippen LogP contribution in [0, 0.1) is 48.9 Å². The number of aliphatic hydroxyl groups is 1. The highest BCUT2D eigenvalue weighted by Gasteiger charge is 2.44. The van der Waals surface area contributed by atoms with Gasteiger partial charge in [0.25, 0.3) is 0 Å². The van der Waals surface area contributed by atoms with E-state index in [-0.39, 0.29) is 11.8 Å². The SMILES string of the molecule is C#CC1CC[C@@](O)(C#C)C1C#C. The first kappa shape index (κ1) is 8.73. The zero-order chi connectivity index (χ0) is 9.19. The third kappa shape index (κ3) is 1.08. The van der Waals surface area contributed by atoms with Crippen molar-refractivity contribution in [3.63, 3.8) is 0 Å². The van der Waals surface area contributed by atoms with Crippen LogP contribution in [-0.2, 0) is 0 Å². The molecular weight excluding hydrogens is 148 g/mol. The van der Waals surface area contributed by atoms with Crippen LogP contribution in [0.1, 0.15) is 12.8 Å². The zero-order valence-electron chi connectivity index (χ0n) is 6.75. The molecule has 1 nitrogen and oxygen atoms in total. The molecule has 1 heteroatoms. The fourth-order valence-electron chi connectivity index (χ4n) is 1.63. The Morgan fingerprint density at radius 3 is 2.33 bits per heavy atom. The van der Waals surface area contributed by atoms with E-state index >= 15 is 0 Å². The molecule has 1 fully saturated rings. The molecule has 0 radical (unpaired) electrons. The minimum Gasteiger partial charge on any atom is -0.376 e. The second-order valence-corrected chi connectivity index (χ2v) is 3.02. The maximum atomic E-state index is 9.79. The van der Waals surface area contributed by atoms with E-state index in [4.69, 9.17) is 19.3 Å². The van der Waals surface area contributed by atoms with Gasteiger partial charge in [-0.2, -0.15) is 0 Å². The van der Waals surface area contributed by atoms with Crippen LogP contribution in [0.2, 0.25) is 0 Å². The smallest absolute Gasteiger partial charge is 0.140 e. The first-order chi connectivity index (χ1) is 5.68. The van der Waals surface area contributed by atoms with E-state index in [0.29, 0.717) is 12.8 Å². The summed E-state index contributed by atoms with van der Waals surface area (Å²) in [6.07, 6.45) is 16.9. The Balaban J connectivity index is 2.95. The van der Waals surface area contributed by atoms with Crippen molar-refractivity contribution in [2.24, 2.45) is 11.8 Å². The summed E-state index contributed by atoms with van der Waals surface area (Å²) in [4.78, 5) is 0. The number of rotatable bonds is 0. The predicted octanol–water partition coefficient (Wildman–Crippen LogP) is 0.643. The van der Waals surface area contributed by atoms with Gasteiger partial charge in [0, 0.05) is 5.92 Å². The molecule has 0 bridgehead atoms. The van der Waals surface area contributed by atoms with Gasteiger partial charge in [0.1, 0.15) is 5.60 Å². The molecule has 0 heterocycles. The Kier molecular flexibility index (Phi) is 2.14. The molecule has 1 aliphatic rings. The number of hydrogen-bond acceptors (Lipinski definition) is 1. The summed E-state index contributed by atoms with van der Waals surface area (Å²) in [5.41, 5.74) is -1.17. The minimum atomic E-state index is -1.17. The molecule has 0 aromatic carbocycles. The summed E-state index contributed by atoms with van der Waals surface area (Å²) in [7, 11) is 0. The Hall–Kier alpha value is -1.36. The van der Waals surface area contributed by atoms with Gasteiger partial charge in [0.15, 0.2) is 0 Å². The number of hydrogen-bond donors (Lipinski definition) is 1. The summed E-state index contributed by atoms with van der Waals surface area (Å²) < 4.78 is 0. The third-order valence-corrected chi connectivity index (χ3v) is 2.40. The second kappa shape index (κ2) is 2.94. The van der Waals surface area contributed by atoms with E-state index in [1.807, 2.05) is 0 Å². The van der Waals surface area contributed by atoms with Crippen molar-refractivity contribution in [1.29, 1.82) is 0 Å². The fourth-order valence-corrected chi connectivity index (χ4v) is 1.63. The van der Waals surface area contributed by atoms with Crippen LogP contribution >= 0.6 is 0 Å². The van der Waals surface area contributed by atoms with E-state index < -0.39 is 5.60 Å². The molecule has 0 aromatic rings. The van der Waals surface area contributed by atoms with Crippen molar-refractivity contribution >= 4 is 0 Å². The lowest BCUT2D eigenvalue weighted by Gasteiger charge is -2.21. The molecule has 3 atom stereocenters. The molecule has 12 heavy (non-hydrogen) atoms. The minimum absolute atomic E-state index is 0.0731. The van der Waals surface area contributed by atoms with Gasteiger partial charge in [0.05, 0.1) is 5.92 Å². The Bertz CT molecular complexity index is 296. The molecule has 0 saturated heterocycles. The van der Waals surface area contributed by atoms with E-state index in [2.05, 4.69) is 17.8 Å². The van der Waals surface area contributed by atoms with Gasteiger partial charge in [-0.3, -0.25) is 0 Å². The van der Waals surface area contributed by atoms with E-state index in [1.54, 1.807) is 0 Å². The van der Waals surface area contributed by atoms with Gasteiger partial charge in [-0.25, -0.2) is 0 Å². The molecule has 2 unspecified atom stereocenters. The zero-order valence-corrected chi connectivity index (χ0v) is 6.75. The molecule has 0 amide bonds. The molecule has 60 valence electrons. The Morgan fingerprint density at radius 1 is 1.25 bits per heavy atom. The Labute approximate surface area is 73.2 Å². The van der Waals surface area contributed by atoms with Gasteiger partial charge >= 0.3 is 0 Å². The topological polar surface area (TPSA) is 20.2 Å². The first-order valence-electron chi connectivity index (χ1n) is 3.80. The molecule has 1 saturated carbocycles. The van der Waals surface area contributed by atoms with Crippen LogP contribution in [-0.4, -0.2) is 10.7 Å². The van der Waals surface area contributed by atoms with Crippen molar-refractivity contribution in [3.8, 4) is 37.0 Å². The lowest BCUT2D eigenvalue weighted by molar-refractivity contribution is 0.0789. The average Bonchev–Trinajstić information content (AvgIpc) is 2.43. The van der Waals surface area contributed by atoms with Crippen LogP contribution in [0.4, 0.5) is 0 Å². The summed E-state index contributed by atoms with van der Waals surface area (Å²) in [5.74, 6) is 6.90. The van der Waals surface area contributed by atoms with Crippen LogP contribution < -0.4 is 0 Å². The van der Waals surface area contributed by atoms with E-state index in [1.165, 1.54) is 0 Å². The van der Waals surface area contributed by atoms with Gasteiger partial charge in [-0.15, -0.1) is 25.2 Å². The van der Waals surface area contributed by atoms with Crippen LogP contribution in [0.15, 0.2) is 0 Å². The first-order valence-corrected chi connectivity index (χ1v) is 3.80. The summed E-state index contributed by atoms with van der Waals surface area (Å²) in [6.45, 7) is 0. The monoisotopic (exact) mass is 158 g/mol.